The maximum atomic E-state index is 11.4. The van der Waals surface area contributed by atoms with Crippen molar-refractivity contribution in [1.29, 1.82) is 0 Å². The Morgan fingerprint density at radius 1 is 0.167 bits per heavy atom. The Hall–Kier alpha value is -9.06. The third-order valence-electron chi connectivity index (χ3n) is 18.5. The van der Waals surface area contributed by atoms with Crippen LogP contribution in [-0.4, -0.2) is 256 Å². The van der Waals surface area contributed by atoms with Crippen LogP contribution < -0.4 is 172 Å². The Morgan fingerprint density at radius 2 is 0.304 bits per heavy atom. The third kappa shape index (κ3) is 101. The first-order valence-electron chi connectivity index (χ1n) is 47.3. The van der Waals surface area contributed by atoms with Crippen LogP contribution in [0.5, 0.6) is 0 Å². The number of hydrogen-bond acceptors (Lipinski definition) is 36. The molecule has 0 aliphatic carbocycles. The van der Waals surface area contributed by atoms with Crippen LogP contribution in [0.3, 0.4) is 0 Å². The first kappa shape index (κ1) is 154. The molecule has 0 heterocycles. The topological polar surface area (TPSA) is 1060 Å². The number of hydrogen-bond donors (Lipinski definition) is 30. The van der Waals surface area contributed by atoms with Gasteiger partial charge < -0.3 is 172 Å². The summed E-state index contributed by atoms with van der Waals surface area (Å²) in [5.74, 6) is 0.845. The molecule has 0 aromatic carbocycles. The van der Waals surface area contributed by atoms with Crippen molar-refractivity contribution >= 4 is 105 Å². The van der Waals surface area contributed by atoms with E-state index in [9.17, 15) is 57.5 Å². The number of nitrogens with two attached hydrogens (primary N) is 30. The smallest absolute Gasteiger partial charge is 0.185 e. The molecular weight excluding hydrogens is 1780 g/mol. The molecule has 0 aromatic rings. The number of guanidine groups is 6. The zero-order chi connectivity index (χ0) is 111. The van der Waals surface area contributed by atoms with E-state index in [0.717, 1.165) is 25.7 Å². The average molecular weight is 1980 g/mol. The Labute approximate surface area is 826 Å². The first-order chi connectivity index (χ1) is 63.2. The zero-order valence-corrected chi connectivity index (χ0v) is 88.7. The molecule has 0 bridgehead atoms. The highest BCUT2D eigenvalue weighted by atomic mass is 16.2. The van der Waals surface area contributed by atoms with Gasteiger partial charge in [0.15, 0.2) is 105 Å². The van der Waals surface area contributed by atoms with E-state index in [1.54, 1.807) is 27.7 Å². The minimum Gasteiger partial charge on any atom is -0.370 e. The van der Waals surface area contributed by atoms with E-state index in [1.807, 2.05) is 138 Å². The van der Waals surface area contributed by atoms with E-state index in [2.05, 4.69) is 30.0 Å². The largest absolute Gasteiger partial charge is 0.370 e. The molecule has 0 fully saturated rings. The van der Waals surface area contributed by atoms with E-state index in [-0.39, 0.29) is 239 Å². The Balaban J connectivity index is -0.000000126. The van der Waals surface area contributed by atoms with Crippen molar-refractivity contribution in [3.63, 3.8) is 0 Å². The summed E-state index contributed by atoms with van der Waals surface area (Å²) in [6, 6.07) is -5.12. The van der Waals surface area contributed by atoms with Crippen molar-refractivity contribution in [2.75, 3.05) is 78.5 Å². The fourth-order valence-electron chi connectivity index (χ4n) is 9.83. The summed E-state index contributed by atoms with van der Waals surface area (Å²) in [5.41, 5.74) is 159. The van der Waals surface area contributed by atoms with Gasteiger partial charge in [-0.25, -0.2) is 0 Å². The van der Waals surface area contributed by atoms with Crippen molar-refractivity contribution in [3.05, 3.63) is 0 Å². The Morgan fingerprint density at radius 3 is 0.442 bits per heavy atom. The fourth-order valence-corrected chi connectivity index (χ4v) is 9.83. The lowest BCUT2D eigenvalue weighted by atomic mass is 9.99. The van der Waals surface area contributed by atoms with E-state index in [4.69, 9.17) is 172 Å². The molecule has 12 atom stereocenters. The van der Waals surface area contributed by atoms with Crippen LogP contribution in [0.25, 0.3) is 0 Å². The highest BCUT2D eigenvalue weighted by Crippen LogP contribution is 2.10. The Kier molecular flexibility index (Phi) is 107. The molecule has 0 spiro atoms. The summed E-state index contributed by atoms with van der Waals surface area (Å²) >= 11 is 0. The van der Waals surface area contributed by atoms with Gasteiger partial charge in [-0.15, -0.1) is 0 Å². The number of carbonyl (C=O) groups excluding carboxylic acids is 12. The molecule has 0 aromatic heterocycles. The monoisotopic (exact) mass is 1980 g/mol. The van der Waals surface area contributed by atoms with Crippen molar-refractivity contribution in [2.45, 2.75) is 316 Å². The summed E-state index contributed by atoms with van der Waals surface area (Å²) in [5, 5.41) is 0. The summed E-state index contributed by atoms with van der Waals surface area (Å²) in [7, 11) is 0. The highest BCUT2D eigenvalue weighted by Gasteiger charge is 2.24. The number of aliphatic imine (C=N–C) groups is 6. The third-order valence-corrected chi connectivity index (χ3v) is 18.5. The van der Waals surface area contributed by atoms with Gasteiger partial charge in [-0.1, -0.05) is 166 Å². The van der Waals surface area contributed by atoms with Crippen LogP contribution in [-0.2, 0) is 57.5 Å². The molecule has 816 valence electrons. The van der Waals surface area contributed by atoms with Gasteiger partial charge >= 0.3 is 0 Å². The highest BCUT2D eigenvalue weighted by molar-refractivity contribution is 5.91. The first-order valence-corrected chi connectivity index (χ1v) is 47.3. The van der Waals surface area contributed by atoms with Gasteiger partial charge in [-0.3, -0.25) is 87.5 Å². The molecule has 138 heavy (non-hydrogen) atoms. The zero-order valence-electron chi connectivity index (χ0n) is 88.7. The Bertz CT molecular complexity index is 3170. The maximum Gasteiger partial charge on any atom is 0.185 e. The quantitative estimate of drug-likeness (QED) is 0.0153. The molecule has 0 rings (SSSR count). The summed E-state index contributed by atoms with van der Waals surface area (Å²) < 4.78 is 0. The van der Waals surface area contributed by atoms with Crippen molar-refractivity contribution in [1.82, 2.24) is 0 Å². The average Bonchev–Trinajstić information content (AvgIpc) is 0.921. The minimum absolute atomic E-state index is 0.00329. The molecule has 48 heteroatoms. The molecule has 0 unspecified atom stereocenters. The SMILES string of the molecule is CC(C)C(=O)[C@@H](N)CCCN.CC(C)C(=O)[C@@H](N)CCCN=C(N)N.CC(C)C(=O)[C@@H](N)CCN.CC(C)C(=O)[C@@H](N)CCN=C(N)N.CC(C)C(=O)[C@@H](N)CN.CC(C)C(=O)[C@@H](N)CN=C(N)N.CC(C)C(=O)[C@H](N)CCCN.CC(C)C(=O)[C@H](N)CCCN=C(N)N.CC(C)C(=O)[C@H](N)CCN.CC(C)C(=O)[C@H](N)CCN=C(N)N.CC(C)C(=O)[C@H](N)CN.CC(C)C(=O)[C@H](N)CN=C(N)N. The summed E-state index contributed by atoms with van der Waals surface area (Å²) in [6.45, 7) is 48.8. The van der Waals surface area contributed by atoms with Crippen LogP contribution in [0, 0.1) is 71.0 Å². The molecule has 0 aliphatic heterocycles. The van der Waals surface area contributed by atoms with Crippen molar-refractivity contribution in [2.24, 2.45) is 273 Å². The van der Waals surface area contributed by atoms with Gasteiger partial charge in [-0.05, 0) is 103 Å². The van der Waals surface area contributed by atoms with Gasteiger partial charge in [0.25, 0.3) is 0 Å². The normalized spacial score (nSPS) is 13.1. The van der Waals surface area contributed by atoms with Gasteiger partial charge in [-0.2, -0.15) is 0 Å². The van der Waals surface area contributed by atoms with Gasteiger partial charge in [0.1, 0.15) is 0 Å². The lowest BCUT2D eigenvalue weighted by Crippen LogP contribution is -2.40. The second-order valence-corrected chi connectivity index (χ2v) is 36.1. The van der Waals surface area contributed by atoms with Gasteiger partial charge in [0.05, 0.1) is 85.6 Å². The second kappa shape index (κ2) is 95.5. The van der Waals surface area contributed by atoms with Crippen molar-refractivity contribution in [3.8, 4) is 0 Å². The number of rotatable bonds is 54. The number of nitrogens with zero attached hydrogens (tertiary/aromatic N) is 6. The molecule has 0 amide bonds. The molecule has 0 radical (unpaired) electrons. The second-order valence-electron chi connectivity index (χ2n) is 36.1. The minimum atomic E-state index is -0.591. The van der Waals surface area contributed by atoms with E-state index in [0.29, 0.717) is 104 Å². The fraction of sp³-hybridized carbons (Fsp3) is 0.800. The van der Waals surface area contributed by atoms with Gasteiger partial charge in [0, 0.05) is 110 Å². The molecular formula is C90H204N36O12. The molecule has 48 nitrogen and oxygen atoms in total. The van der Waals surface area contributed by atoms with E-state index >= 15 is 0 Å². The van der Waals surface area contributed by atoms with Crippen LogP contribution >= 0.6 is 0 Å². The molecule has 0 saturated carbocycles. The molecule has 0 saturated heterocycles. The summed E-state index contributed by atoms with van der Waals surface area (Å²) in [4.78, 5) is 156. The maximum absolute atomic E-state index is 11.4. The van der Waals surface area contributed by atoms with Crippen LogP contribution in [0.1, 0.15) is 243 Å². The van der Waals surface area contributed by atoms with Crippen LogP contribution in [0.4, 0.5) is 0 Å². The predicted octanol–water partition coefficient (Wildman–Crippen LogP) is -5.46. The predicted molar refractivity (Wildman–Crippen MR) is 568 cm³/mol. The number of carbonyl (C=O) groups is 12. The van der Waals surface area contributed by atoms with E-state index < -0.39 is 36.3 Å². The lowest BCUT2D eigenvalue weighted by molar-refractivity contribution is -0.124. The molecule has 60 N–H and O–H groups in total. The molecule has 0 aliphatic rings. The van der Waals surface area contributed by atoms with Crippen LogP contribution in [0.2, 0.25) is 0 Å². The standard InChI is InChI=1S/2C9H20N4O.2C8H18N4O.2C8H18N2O.2C7H16N4O.2C7H16N2O.2C6H14N2O/c2*1-6(2)8(14)7(10)4-3-5-13-9(11)12;2*1-5(2)7(13)6(9)3-4-12-8(10)11;2*1-6(2)8(11)7(10)4-3-5-9;2*1-4(2)6(12)5(8)3-11-7(9)10;2*1-5(2)7(10)6(9)3-4-8;2*1-4(2)6(9)5(8)3-7/h2*6-7H,3-5,10H2,1-2H3,(H4,11,12,13);2*5-6H,3-4,9H2,1-2H3,(H4,10,11,12);2*6-7H,3-5,9-10H2,1-2H3;2*4-5H,3,8H2,1-2H3,(H4,9,10,11);2*5-6H,3-4,8-9H2,1-2H3;2*4-5H,3,7-8H2,1-2H3/t2*7-;2*6-;2*7-;2*5-;2*6-;2*5-/m101010101010/s1. The van der Waals surface area contributed by atoms with Crippen LogP contribution in [0.15, 0.2) is 30.0 Å². The number of Topliss-reactive ketones (excluding diaryl/α,β-unsaturated/α-hetero) is 12. The number of ketones is 12. The summed E-state index contributed by atoms with van der Waals surface area (Å²) in [6.07, 6.45) is 8.01. The van der Waals surface area contributed by atoms with Crippen molar-refractivity contribution < 1.29 is 57.5 Å². The van der Waals surface area contributed by atoms with E-state index in [1.165, 1.54) is 0 Å². The van der Waals surface area contributed by atoms with Gasteiger partial charge in [0.2, 0.25) is 0 Å². The lowest BCUT2D eigenvalue weighted by Gasteiger charge is -2.11.